The molecule has 0 bridgehead atoms. The first-order chi connectivity index (χ1) is 6.90. The monoisotopic (exact) mass is 190 g/mol. The Hall–Kier alpha value is -1.75. The summed E-state index contributed by atoms with van der Waals surface area (Å²) in [4.78, 5) is 8.37. The van der Waals surface area contributed by atoms with Crippen LogP contribution in [0.25, 0.3) is 5.95 Å². The summed E-state index contributed by atoms with van der Waals surface area (Å²) in [6.07, 6.45) is 5.18. The maximum Gasteiger partial charge on any atom is 0.250 e. The number of hydrogen-bond donors (Lipinski definition) is 0. The molecule has 2 aromatic rings. The molecule has 0 aliphatic heterocycles. The van der Waals surface area contributed by atoms with Gasteiger partial charge in [0.1, 0.15) is 0 Å². The molecule has 2 aromatic heterocycles. The second-order valence-corrected chi connectivity index (χ2v) is 2.73. The highest BCUT2D eigenvalue weighted by Crippen LogP contribution is 2.01. The minimum absolute atomic E-state index is 0.483. The first kappa shape index (κ1) is 8.83. The van der Waals surface area contributed by atoms with Crippen LogP contribution in [0.2, 0.25) is 0 Å². The Morgan fingerprint density at radius 2 is 2.36 bits per heavy atom. The lowest BCUT2D eigenvalue weighted by Crippen LogP contribution is -2.03. The molecule has 2 heterocycles. The lowest BCUT2D eigenvalue weighted by molar-refractivity contribution is 0.181. The third-order valence-electron chi connectivity index (χ3n) is 1.70. The summed E-state index contributed by atoms with van der Waals surface area (Å²) in [6.45, 7) is 0.483. The van der Waals surface area contributed by atoms with Crippen LogP contribution in [0.15, 0.2) is 30.7 Å². The van der Waals surface area contributed by atoms with Crippen molar-refractivity contribution in [3.8, 4) is 5.95 Å². The van der Waals surface area contributed by atoms with Crippen LogP contribution in [0.1, 0.15) is 5.69 Å². The third-order valence-corrected chi connectivity index (χ3v) is 1.70. The number of methoxy groups -OCH3 is 1. The zero-order valence-electron chi connectivity index (χ0n) is 7.79. The molecule has 0 atom stereocenters. The number of hydrogen-bond acceptors (Lipinski definition) is 4. The van der Waals surface area contributed by atoms with Crippen molar-refractivity contribution in [3.05, 3.63) is 36.4 Å². The summed E-state index contributed by atoms with van der Waals surface area (Å²) in [6, 6.07) is 3.64. The third kappa shape index (κ3) is 1.77. The maximum atomic E-state index is 4.98. The van der Waals surface area contributed by atoms with Crippen LogP contribution >= 0.6 is 0 Å². The fraction of sp³-hybridized carbons (Fsp3) is 0.222. The van der Waals surface area contributed by atoms with Crippen LogP contribution in [-0.4, -0.2) is 26.9 Å². The van der Waals surface area contributed by atoms with Crippen LogP contribution in [0.3, 0.4) is 0 Å². The van der Waals surface area contributed by atoms with E-state index >= 15 is 0 Å². The van der Waals surface area contributed by atoms with Crippen molar-refractivity contribution in [2.24, 2.45) is 0 Å². The van der Waals surface area contributed by atoms with Crippen molar-refractivity contribution in [3.63, 3.8) is 0 Å². The van der Waals surface area contributed by atoms with Crippen molar-refractivity contribution in [2.75, 3.05) is 7.11 Å². The maximum absolute atomic E-state index is 4.98. The molecule has 0 unspecified atom stereocenters. The summed E-state index contributed by atoms with van der Waals surface area (Å²) in [5.41, 5.74) is 0.841. The van der Waals surface area contributed by atoms with E-state index in [1.165, 1.54) is 0 Å². The first-order valence-corrected chi connectivity index (χ1v) is 4.21. The van der Waals surface area contributed by atoms with Crippen molar-refractivity contribution in [1.29, 1.82) is 0 Å². The molecule has 0 aliphatic rings. The van der Waals surface area contributed by atoms with E-state index in [1.54, 1.807) is 30.4 Å². The van der Waals surface area contributed by atoms with E-state index in [0.29, 0.717) is 12.6 Å². The zero-order valence-corrected chi connectivity index (χ0v) is 7.79. The van der Waals surface area contributed by atoms with Gasteiger partial charge >= 0.3 is 0 Å². The van der Waals surface area contributed by atoms with Gasteiger partial charge in [0.2, 0.25) is 0 Å². The largest absolute Gasteiger partial charge is 0.378 e. The fourth-order valence-electron chi connectivity index (χ4n) is 1.11. The summed E-state index contributed by atoms with van der Waals surface area (Å²) < 4.78 is 6.59. The minimum atomic E-state index is 0.483. The topological polar surface area (TPSA) is 52.8 Å². The quantitative estimate of drug-likeness (QED) is 0.718. The summed E-state index contributed by atoms with van der Waals surface area (Å²) in [5.74, 6) is 0.560. The predicted octanol–water partition coefficient (Wildman–Crippen LogP) is 0.809. The van der Waals surface area contributed by atoms with Crippen LogP contribution in [-0.2, 0) is 11.3 Å². The average molecular weight is 190 g/mol. The molecule has 72 valence electrons. The molecule has 14 heavy (non-hydrogen) atoms. The number of rotatable bonds is 3. The van der Waals surface area contributed by atoms with Crippen molar-refractivity contribution < 1.29 is 4.74 Å². The van der Waals surface area contributed by atoms with Crippen LogP contribution in [0.5, 0.6) is 0 Å². The first-order valence-electron chi connectivity index (χ1n) is 4.21. The van der Waals surface area contributed by atoms with Crippen LogP contribution < -0.4 is 0 Å². The number of aromatic nitrogens is 4. The van der Waals surface area contributed by atoms with Gasteiger partial charge in [-0.1, -0.05) is 0 Å². The highest BCUT2D eigenvalue weighted by molar-refractivity contribution is 5.12. The van der Waals surface area contributed by atoms with Gasteiger partial charge in [-0.05, 0) is 12.1 Å². The molecule has 5 heteroatoms. The standard InChI is InChI=1S/C9H10N4O/c1-14-7-8-3-5-10-9(12-8)13-6-2-4-11-13/h2-6H,7H2,1H3. The SMILES string of the molecule is COCc1ccnc(-n2cccn2)n1. The van der Waals surface area contributed by atoms with E-state index in [4.69, 9.17) is 4.74 Å². The number of nitrogens with zero attached hydrogens (tertiary/aromatic N) is 4. The molecule has 0 saturated heterocycles. The Kier molecular flexibility index (Phi) is 2.51. The second-order valence-electron chi connectivity index (χ2n) is 2.73. The van der Waals surface area contributed by atoms with Gasteiger partial charge in [0, 0.05) is 25.7 Å². The van der Waals surface area contributed by atoms with Gasteiger partial charge in [-0.25, -0.2) is 14.6 Å². The molecule has 0 saturated carbocycles. The van der Waals surface area contributed by atoms with Crippen molar-refractivity contribution in [1.82, 2.24) is 19.7 Å². The molecule has 0 N–H and O–H groups in total. The Morgan fingerprint density at radius 1 is 1.43 bits per heavy atom. The molecule has 0 aromatic carbocycles. The zero-order chi connectivity index (χ0) is 9.80. The lowest BCUT2D eigenvalue weighted by Gasteiger charge is -2.01. The van der Waals surface area contributed by atoms with E-state index < -0.39 is 0 Å². The van der Waals surface area contributed by atoms with Gasteiger partial charge in [-0.3, -0.25) is 0 Å². The Labute approximate surface area is 81.4 Å². The minimum Gasteiger partial charge on any atom is -0.378 e. The molecule has 0 amide bonds. The molecular weight excluding hydrogens is 180 g/mol. The normalized spacial score (nSPS) is 10.4. The van der Waals surface area contributed by atoms with Gasteiger partial charge in [0.05, 0.1) is 12.3 Å². The smallest absolute Gasteiger partial charge is 0.250 e. The van der Waals surface area contributed by atoms with Gasteiger partial charge in [0.25, 0.3) is 5.95 Å². The Bertz CT molecular complexity index is 399. The van der Waals surface area contributed by atoms with Crippen molar-refractivity contribution >= 4 is 0 Å². The summed E-state index contributed by atoms with van der Waals surface area (Å²) >= 11 is 0. The highest BCUT2D eigenvalue weighted by atomic mass is 16.5. The Morgan fingerprint density at radius 3 is 3.07 bits per heavy atom. The molecule has 2 rings (SSSR count). The summed E-state index contributed by atoms with van der Waals surface area (Å²) in [5, 5.41) is 4.04. The van der Waals surface area contributed by atoms with E-state index in [-0.39, 0.29) is 0 Å². The van der Waals surface area contributed by atoms with Gasteiger partial charge in [0.15, 0.2) is 0 Å². The average Bonchev–Trinajstić information content (AvgIpc) is 2.71. The van der Waals surface area contributed by atoms with E-state index in [9.17, 15) is 0 Å². The lowest BCUT2D eigenvalue weighted by atomic mass is 10.4. The number of ether oxygens (including phenoxy) is 1. The van der Waals surface area contributed by atoms with E-state index in [0.717, 1.165) is 5.69 Å². The van der Waals surface area contributed by atoms with Gasteiger partial charge in [-0.2, -0.15) is 5.10 Å². The molecule has 0 fully saturated rings. The van der Waals surface area contributed by atoms with Gasteiger partial charge in [-0.15, -0.1) is 0 Å². The molecular formula is C9H10N4O. The molecule has 5 nitrogen and oxygen atoms in total. The van der Waals surface area contributed by atoms with Crippen LogP contribution in [0, 0.1) is 0 Å². The Balaban J connectivity index is 2.31. The fourth-order valence-corrected chi connectivity index (χ4v) is 1.11. The summed E-state index contributed by atoms with van der Waals surface area (Å²) in [7, 11) is 1.63. The molecule has 0 aliphatic carbocycles. The van der Waals surface area contributed by atoms with Crippen LogP contribution in [0.4, 0.5) is 0 Å². The highest BCUT2D eigenvalue weighted by Gasteiger charge is 2.00. The van der Waals surface area contributed by atoms with Crippen molar-refractivity contribution in [2.45, 2.75) is 6.61 Å². The van der Waals surface area contributed by atoms with Gasteiger partial charge < -0.3 is 4.74 Å². The molecule has 0 radical (unpaired) electrons. The second kappa shape index (κ2) is 3.97. The van der Waals surface area contributed by atoms with E-state index in [1.807, 2.05) is 12.1 Å². The predicted molar refractivity (Wildman–Crippen MR) is 49.9 cm³/mol. The van der Waals surface area contributed by atoms with E-state index in [2.05, 4.69) is 15.1 Å². The molecule has 0 spiro atoms.